The van der Waals surface area contributed by atoms with Gasteiger partial charge in [-0.05, 0) is 61.7 Å². The van der Waals surface area contributed by atoms with Gasteiger partial charge in [0, 0.05) is 19.6 Å². The Labute approximate surface area is 171 Å². The minimum atomic E-state index is -3.42. The van der Waals surface area contributed by atoms with Gasteiger partial charge in [-0.3, -0.25) is 4.79 Å². The number of carbonyl (C=O) groups excluding carboxylic acids is 1. The van der Waals surface area contributed by atoms with E-state index in [1.165, 1.54) is 4.31 Å². The summed E-state index contributed by atoms with van der Waals surface area (Å²) in [6.45, 7) is 3.11. The van der Waals surface area contributed by atoms with Crippen molar-refractivity contribution in [2.75, 3.05) is 20.2 Å². The number of methoxy groups -OCH3 is 1. The predicted molar refractivity (Wildman–Crippen MR) is 109 cm³/mol. The van der Waals surface area contributed by atoms with Crippen molar-refractivity contribution in [1.82, 2.24) is 9.62 Å². The van der Waals surface area contributed by atoms with E-state index < -0.39 is 16.1 Å². The van der Waals surface area contributed by atoms with Gasteiger partial charge >= 0.3 is 0 Å². The molecule has 0 bridgehead atoms. The molecular formula is C21H26N2O5S. The van der Waals surface area contributed by atoms with Crippen LogP contribution >= 0.6 is 0 Å². The zero-order chi connectivity index (χ0) is 20.9. The molecule has 7 nitrogen and oxygen atoms in total. The van der Waals surface area contributed by atoms with E-state index in [0.29, 0.717) is 31.1 Å². The van der Waals surface area contributed by atoms with Crippen LogP contribution in [0.25, 0.3) is 0 Å². The highest BCUT2D eigenvalue weighted by Gasteiger charge is 2.26. The molecule has 1 saturated heterocycles. The van der Waals surface area contributed by atoms with E-state index in [4.69, 9.17) is 9.47 Å². The summed E-state index contributed by atoms with van der Waals surface area (Å²) in [6, 6.07) is 13.6. The number of nitrogens with zero attached hydrogens (tertiary/aromatic N) is 1. The summed E-state index contributed by atoms with van der Waals surface area (Å²) in [4.78, 5) is 12.6. The molecule has 1 aliphatic rings. The Morgan fingerprint density at radius 2 is 1.62 bits per heavy atom. The van der Waals surface area contributed by atoms with Crippen molar-refractivity contribution in [3.8, 4) is 11.5 Å². The third-order valence-electron chi connectivity index (χ3n) is 4.83. The van der Waals surface area contributed by atoms with Crippen molar-refractivity contribution in [3.05, 3.63) is 54.1 Å². The van der Waals surface area contributed by atoms with Gasteiger partial charge in [-0.25, -0.2) is 8.42 Å². The number of amides is 1. The van der Waals surface area contributed by atoms with Gasteiger partial charge < -0.3 is 14.8 Å². The van der Waals surface area contributed by atoms with Crippen LogP contribution < -0.4 is 14.8 Å². The van der Waals surface area contributed by atoms with E-state index >= 15 is 0 Å². The monoisotopic (exact) mass is 418 g/mol. The minimum Gasteiger partial charge on any atom is -0.497 e. The van der Waals surface area contributed by atoms with E-state index in [1.807, 2.05) is 0 Å². The molecule has 2 aromatic rings. The zero-order valence-electron chi connectivity index (χ0n) is 16.6. The fourth-order valence-corrected chi connectivity index (χ4v) is 4.62. The standard InChI is InChI=1S/C21H26N2O5S/c1-16(28-19-9-7-18(27-2)8-10-19)21(24)22-15-17-5-11-20(12-6-17)29(25,26)23-13-3-4-14-23/h5-12,16H,3-4,13-15H2,1-2H3,(H,22,24). The van der Waals surface area contributed by atoms with E-state index in [1.54, 1.807) is 62.6 Å². The largest absolute Gasteiger partial charge is 0.497 e. The van der Waals surface area contributed by atoms with Crippen molar-refractivity contribution in [2.24, 2.45) is 0 Å². The van der Waals surface area contributed by atoms with E-state index in [9.17, 15) is 13.2 Å². The lowest BCUT2D eigenvalue weighted by Gasteiger charge is -2.16. The van der Waals surface area contributed by atoms with Crippen LogP contribution in [0.2, 0.25) is 0 Å². The lowest BCUT2D eigenvalue weighted by Crippen LogP contribution is -2.35. The molecule has 29 heavy (non-hydrogen) atoms. The molecule has 1 N–H and O–H groups in total. The average molecular weight is 419 g/mol. The van der Waals surface area contributed by atoms with Crippen LogP contribution in [0, 0.1) is 0 Å². The molecule has 156 valence electrons. The van der Waals surface area contributed by atoms with Crippen LogP contribution in [0.3, 0.4) is 0 Å². The first-order valence-corrected chi connectivity index (χ1v) is 11.0. The van der Waals surface area contributed by atoms with Gasteiger partial charge in [-0.1, -0.05) is 12.1 Å². The molecule has 0 spiro atoms. The molecule has 1 atom stereocenters. The molecule has 8 heteroatoms. The van der Waals surface area contributed by atoms with Gasteiger partial charge in [0.15, 0.2) is 6.10 Å². The van der Waals surface area contributed by atoms with Gasteiger partial charge in [0.2, 0.25) is 10.0 Å². The second-order valence-electron chi connectivity index (χ2n) is 6.91. The number of carbonyl (C=O) groups is 1. The van der Waals surface area contributed by atoms with Crippen LogP contribution in [-0.2, 0) is 21.4 Å². The van der Waals surface area contributed by atoms with Crippen molar-refractivity contribution in [1.29, 1.82) is 0 Å². The highest BCUT2D eigenvalue weighted by molar-refractivity contribution is 7.89. The molecule has 1 heterocycles. The molecule has 0 radical (unpaired) electrons. The number of benzene rings is 2. The van der Waals surface area contributed by atoms with E-state index in [-0.39, 0.29) is 10.8 Å². The summed E-state index contributed by atoms with van der Waals surface area (Å²) in [6.07, 6.45) is 1.14. The number of hydrogen-bond donors (Lipinski definition) is 1. The number of ether oxygens (including phenoxy) is 2. The first-order valence-electron chi connectivity index (χ1n) is 9.57. The lowest BCUT2D eigenvalue weighted by molar-refractivity contribution is -0.127. The molecule has 1 fully saturated rings. The van der Waals surface area contributed by atoms with E-state index in [0.717, 1.165) is 18.4 Å². The van der Waals surface area contributed by atoms with Crippen molar-refractivity contribution < 1.29 is 22.7 Å². The van der Waals surface area contributed by atoms with Gasteiger partial charge in [-0.15, -0.1) is 0 Å². The Bertz CT molecular complexity index is 921. The molecule has 0 aromatic heterocycles. The van der Waals surface area contributed by atoms with Gasteiger partial charge in [0.25, 0.3) is 5.91 Å². The van der Waals surface area contributed by atoms with Gasteiger partial charge in [0.05, 0.1) is 12.0 Å². The third kappa shape index (κ3) is 5.27. The highest BCUT2D eigenvalue weighted by Crippen LogP contribution is 2.21. The Morgan fingerprint density at radius 1 is 1.03 bits per heavy atom. The summed E-state index contributed by atoms with van der Waals surface area (Å²) >= 11 is 0. The molecule has 1 amide bonds. The van der Waals surface area contributed by atoms with Crippen LogP contribution in [-0.4, -0.2) is 44.9 Å². The topological polar surface area (TPSA) is 84.9 Å². The number of sulfonamides is 1. The lowest BCUT2D eigenvalue weighted by atomic mass is 10.2. The van der Waals surface area contributed by atoms with Crippen LogP contribution in [0.4, 0.5) is 0 Å². The van der Waals surface area contributed by atoms with Gasteiger partial charge in [-0.2, -0.15) is 4.31 Å². The second kappa shape index (κ2) is 9.28. The second-order valence-corrected chi connectivity index (χ2v) is 8.85. The smallest absolute Gasteiger partial charge is 0.261 e. The fraction of sp³-hybridized carbons (Fsp3) is 0.381. The van der Waals surface area contributed by atoms with E-state index in [2.05, 4.69) is 5.32 Å². The first-order chi connectivity index (χ1) is 13.9. The third-order valence-corrected chi connectivity index (χ3v) is 6.75. The summed E-state index contributed by atoms with van der Waals surface area (Å²) in [7, 11) is -1.84. The molecule has 0 aliphatic carbocycles. The Hall–Kier alpha value is -2.58. The molecule has 2 aromatic carbocycles. The van der Waals surface area contributed by atoms with Gasteiger partial charge in [0.1, 0.15) is 11.5 Å². The van der Waals surface area contributed by atoms with Crippen LogP contribution in [0.1, 0.15) is 25.3 Å². The zero-order valence-corrected chi connectivity index (χ0v) is 17.4. The van der Waals surface area contributed by atoms with Crippen LogP contribution in [0.5, 0.6) is 11.5 Å². The Kier molecular flexibility index (Phi) is 6.76. The fourth-order valence-electron chi connectivity index (χ4n) is 3.10. The summed E-state index contributed by atoms with van der Waals surface area (Å²) < 4.78 is 37.3. The molecule has 3 rings (SSSR count). The maximum absolute atomic E-state index is 12.5. The first kappa shape index (κ1) is 21.1. The van der Waals surface area contributed by atoms with Crippen molar-refractivity contribution >= 4 is 15.9 Å². The molecule has 0 saturated carbocycles. The number of rotatable bonds is 8. The summed E-state index contributed by atoms with van der Waals surface area (Å²) in [5.41, 5.74) is 0.815. The van der Waals surface area contributed by atoms with Crippen molar-refractivity contribution in [2.45, 2.75) is 37.3 Å². The highest BCUT2D eigenvalue weighted by atomic mass is 32.2. The quantitative estimate of drug-likeness (QED) is 0.712. The number of nitrogens with one attached hydrogen (secondary N) is 1. The minimum absolute atomic E-state index is 0.255. The van der Waals surface area contributed by atoms with Crippen LogP contribution in [0.15, 0.2) is 53.4 Å². The average Bonchev–Trinajstić information content (AvgIpc) is 3.28. The Morgan fingerprint density at radius 3 is 2.21 bits per heavy atom. The van der Waals surface area contributed by atoms with Crippen molar-refractivity contribution in [3.63, 3.8) is 0 Å². The summed E-state index contributed by atoms with van der Waals surface area (Å²) in [5.74, 6) is 1.03. The number of hydrogen-bond acceptors (Lipinski definition) is 5. The maximum atomic E-state index is 12.5. The molecular weight excluding hydrogens is 392 g/mol. The Balaban J connectivity index is 1.52. The SMILES string of the molecule is COc1ccc(OC(C)C(=O)NCc2ccc(S(=O)(=O)N3CCCC3)cc2)cc1. The normalized spacial score (nSPS) is 15.7. The molecule has 1 aliphatic heterocycles. The summed E-state index contributed by atoms with van der Waals surface area (Å²) in [5, 5.41) is 2.81. The molecule has 1 unspecified atom stereocenters. The predicted octanol–water partition coefficient (Wildman–Crippen LogP) is 2.56. The maximum Gasteiger partial charge on any atom is 0.261 e.